The first-order valence-electron chi connectivity index (χ1n) is 18.9. The molecule has 5 heterocycles. The van der Waals surface area contributed by atoms with Gasteiger partial charge in [0.2, 0.25) is 0 Å². The van der Waals surface area contributed by atoms with E-state index >= 15 is 0 Å². The molecule has 2 aromatic rings. The molecule has 8 nitrogen and oxygen atoms in total. The number of aromatic hydroxyl groups is 1. The molecule has 1 amide bonds. The predicted molar refractivity (Wildman–Crippen MR) is 207 cm³/mol. The van der Waals surface area contributed by atoms with Gasteiger partial charge in [0, 0.05) is 56.5 Å². The highest BCUT2D eigenvalue weighted by molar-refractivity contribution is 6.43. The van der Waals surface area contributed by atoms with Crippen molar-refractivity contribution in [1.82, 2.24) is 25.1 Å². The number of allylic oxidation sites excluding steroid dienone is 5. The summed E-state index contributed by atoms with van der Waals surface area (Å²) in [6, 6.07) is 2.94. The first-order chi connectivity index (χ1) is 25.1. The lowest BCUT2D eigenvalue weighted by molar-refractivity contribution is -0.124. The van der Waals surface area contributed by atoms with Crippen molar-refractivity contribution in [1.29, 1.82) is 0 Å². The molecule has 0 spiro atoms. The van der Waals surface area contributed by atoms with E-state index in [9.17, 15) is 14.3 Å². The standard InChI is InChI=1S/C43H51FN6O2/c1-5-28(3)14-18-49-17-8-10-29(15-19-49)21-30-9-7-11-38(45-25-30)42(52)50-20-16-37-39(27-50)48-41(47-37)34-26-46-43(4)24-32(12-13-35(34)43)33-23-36(44)40(51)22-31(33)6-2/h5,7,10-13,22-26,35,46,51H,6,8-9,14-21,27H2,1-4H3,(H,47,48)/b28-5+/t35?,43-/m1/s1. The number of fused-ring (bicyclic) bond motifs is 2. The second-order valence-corrected chi connectivity index (χ2v) is 15.0. The number of carbonyl (C=O) groups is 1. The van der Waals surface area contributed by atoms with E-state index in [1.807, 2.05) is 36.4 Å². The first-order valence-corrected chi connectivity index (χ1v) is 18.9. The van der Waals surface area contributed by atoms with Crippen molar-refractivity contribution in [2.24, 2.45) is 10.9 Å². The number of rotatable bonds is 9. The van der Waals surface area contributed by atoms with E-state index < -0.39 is 11.4 Å². The third-order valence-corrected chi connectivity index (χ3v) is 11.4. The first kappa shape index (κ1) is 35.6. The van der Waals surface area contributed by atoms with Gasteiger partial charge in [0.25, 0.3) is 5.91 Å². The van der Waals surface area contributed by atoms with E-state index in [4.69, 9.17) is 9.98 Å². The van der Waals surface area contributed by atoms with Crippen molar-refractivity contribution in [3.05, 3.63) is 118 Å². The monoisotopic (exact) mass is 702 g/mol. The summed E-state index contributed by atoms with van der Waals surface area (Å²) in [6.07, 6.45) is 25.2. The normalized spacial score (nSPS) is 23.4. The van der Waals surface area contributed by atoms with Crippen LogP contribution in [0.5, 0.6) is 5.75 Å². The van der Waals surface area contributed by atoms with Crippen LogP contribution in [-0.2, 0) is 24.2 Å². The van der Waals surface area contributed by atoms with Gasteiger partial charge in [-0.3, -0.25) is 9.79 Å². The Bertz CT molecular complexity index is 1990. The largest absolute Gasteiger partial charge is 0.505 e. The molecule has 0 bridgehead atoms. The molecule has 4 aliphatic heterocycles. The molecule has 5 aliphatic rings. The highest BCUT2D eigenvalue weighted by Crippen LogP contribution is 2.43. The maximum Gasteiger partial charge on any atom is 0.272 e. The van der Waals surface area contributed by atoms with Gasteiger partial charge >= 0.3 is 0 Å². The van der Waals surface area contributed by atoms with Crippen LogP contribution in [0, 0.1) is 11.7 Å². The molecule has 0 fully saturated rings. The second kappa shape index (κ2) is 15.1. The summed E-state index contributed by atoms with van der Waals surface area (Å²) in [5.74, 6) is -0.188. The SMILES string of the molecule is C/C=C(\C)CCN1CCC=C(CC2=CN=C(C(=O)N3CCc4nc(C5=CN[C@]6(C)C=C(c7cc(F)c(O)cc7CC)C=CC56)[nH]c4C3)C=CC2)CC1. The molecule has 272 valence electrons. The van der Waals surface area contributed by atoms with Crippen LogP contribution in [0.15, 0.2) is 88.8 Å². The number of carbonyl (C=O) groups excluding carboxylic acids is 1. The lowest BCUT2D eigenvalue weighted by atomic mass is 9.76. The van der Waals surface area contributed by atoms with Gasteiger partial charge in [-0.2, -0.15) is 0 Å². The number of amides is 1. The zero-order valence-corrected chi connectivity index (χ0v) is 30.9. The van der Waals surface area contributed by atoms with E-state index in [1.54, 1.807) is 0 Å². The molecule has 1 aromatic heterocycles. The van der Waals surface area contributed by atoms with Gasteiger partial charge in [-0.05, 0) is 99.8 Å². The third-order valence-electron chi connectivity index (χ3n) is 11.4. The summed E-state index contributed by atoms with van der Waals surface area (Å²) in [5.41, 5.74) is 9.81. The van der Waals surface area contributed by atoms with Crippen LogP contribution in [0.2, 0.25) is 0 Å². The number of imidazole rings is 1. The lowest BCUT2D eigenvalue weighted by Gasteiger charge is -2.32. The topological polar surface area (TPSA) is 96.8 Å². The number of halogens is 1. The fraction of sp³-hybridized carbons (Fsp3) is 0.419. The summed E-state index contributed by atoms with van der Waals surface area (Å²) >= 11 is 0. The summed E-state index contributed by atoms with van der Waals surface area (Å²) in [6.45, 7) is 12.8. The zero-order chi connectivity index (χ0) is 36.4. The van der Waals surface area contributed by atoms with Crippen molar-refractivity contribution < 1.29 is 14.3 Å². The smallest absolute Gasteiger partial charge is 0.272 e. The number of phenols is 1. The maximum atomic E-state index is 14.4. The highest BCUT2D eigenvalue weighted by atomic mass is 19.1. The van der Waals surface area contributed by atoms with Crippen LogP contribution in [0.3, 0.4) is 0 Å². The van der Waals surface area contributed by atoms with Gasteiger partial charge in [0.15, 0.2) is 11.6 Å². The third kappa shape index (κ3) is 7.42. The van der Waals surface area contributed by atoms with E-state index in [-0.39, 0.29) is 17.6 Å². The number of benzene rings is 1. The molecule has 1 aliphatic carbocycles. The molecule has 1 unspecified atom stereocenters. The number of hydrogen-bond acceptors (Lipinski definition) is 6. The minimum atomic E-state index is -0.620. The number of hydrogen-bond donors (Lipinski definition) is 3. The van der Waals surface area contributed by atoms with Crippen molar-refractivity contribution in [3.8, 4) is 5.75 Å². The Hall–Kier alpha value is -4.76. The number of nitrogens with one attached hydrogen (secondary N) is 2. The van der Waals surface area contributed by atoms with Crippen LogP contribution in [-0.4, -0.2) is 68.2 Å². The summed E-state index contributed by atoms with van der Waals surface area (Å²) in [5, 5.41) is 13.5. The molecule has 2 atom stereocenters. The highest BCUT2D eigenvalue weighted by Gasteiger charge is 2.41. The fourth-order valence-electron chi connectivity index (χ4n) is 8.00. The maximum absolute atomic E-state index is 14.4. The summed E-state index contributed by atoms with van der Waals surface area (Å²) < 4.78 is 14.4. The Morgan fingerprint density at radius 1 is 1.17 bits per heavy atom. The van der Waals surface area contributed by atoms with Crippen molar-refractivity contribution in [2.75, 3.05) is 26.2 Å². The van der Waals surface area contributed by atoms with Gasteiger partial charge in [-0.25, -0.2) is 9.37 Å². The molecule has 9 heteroatoms. The molecule has 0 radical (unpaired) electrons. The molecule has 52 heavy (non-hydrogen) atoms. The number of H-pyrrole nitrogens is 1. The summed E-state index contributed by atoms with van der Waals surface area (Å²) in [7, 11) is 0. The van der Waals surface area contributed by atoms with Crippen LogP contribution in [0.1, 0.15) is 88.1 Å². The Morgan fingerprint density at radius 3 is 2.87 bits per heavy atom. The van der Waals surface area contributed by atoms with Gasteiger partial charge in [-0.15, -0.1) is 0 Å². The number of aryl methyl sites for hydroxylation is 1. The molecule has 0 saturated heterocycles. The van der Waals surface area contributed by atoms with Gasteiger partial charge < -0.3 is 25.2 Å². The number of aromatic nitrogens is 2. The summed E-state index contributed by atoms with van der Waals surface area (Å²) in [4.78, 5) is 31.4. The Morgan fingerprint density at radius 2 is 2.04 bits per heavy atom. The van der Waals surface area contributed by atoms with Crippen molar-refractivity contribution in [2.45, 2.75) is 84.7 Å². The number of nitrogens with zero attached hydrogens (tertiary/aromatic N) is 4. The Labute approximate surface area is 307 Å². The molecular formula is C43H51FN6O2. The van der Waals surface area contributed by atoms with Gasteiger partial charge in [0.05, 0.1) is 23.5 Å². The molecule has 7 rings (SSSR count). The number of phenolic OH excluding ortho intramolecular Hbond substituents is 1. The quantitative estimate of drug-likeness (QED) is 0.233. The average Bonchev–Trinajstić information content (AvgIpc) is 3.53. The van der Waals surface area contributed by atoms with Crippen LogP contribution in [0.25, 0.3) is 11.1 Å². The molecule has 3 N–H and O–H groups in total. The number of aliphatic imine (C=N–C) groups is 1. The van der Waals surface area contributed by atoms with E-state index in [1.165, 1.54) is 28.9 Å². The second-order valence-electron chi connectivity index (χ2n) is 15.0. The van der Waals surface area contributed by atoms with Gasteiger partial charge in [0.1, 0.15) is 11.5 Å². The fourth-order valence-corrected chi connectivity index (χ4v) is 8.00. The van der Waals surface area contributed by atoms with Gasteiger partial charge in [-0.1, -0.05) is 54.5 Å². The Balaban J connectivity index is 0.983. The zero-order valence-electron chi connectivity index (χ0n) is 30.9. The minimum absolute atomic E-state index is 0.0141. The minimum Gasteiger partial charge on any atom is -0.505 e. The van der Waals surface area contributed by atoms with Crippen LogP contribution in [0.4, 0.5) is 4.39 Å². The molecule has 1 aromatic carbocycles. The molecule has 0 saturated carbocycles. The van der Waals surface area contributed by atoms with E-state index in [0.717, 1.165) is 91.2 Å². The van der Waals surface area contributed by atoms with Crippen molar-refractivity contribution in [3.63, 3.8) is 0 Å². The van der Waals surface area contributed by atoms with Crippen LogP contribution >= 0.6 is 0 Å². The average molecular weight is 703 g/mol. The van der Waals surface area contributed by atoms with Crippen LogP contribution < -0.4 is 5.32 Å². The van der Waals surface area contributed by atoms with Crippen molar-refractivity contribution >= 4 is 22.8 Å². The van der Waals surface area contributed by atoms with E-state index in [2.05, 4.69) is 66.4 Å². The number of aromatic amines is 1. The van der Waals surface area contributed by atoms with E-state index in [0.29, 0.717) is 31.6 Å². The molecular weight excluding hydrogens is 652 g/mol. The predicted octanol–water partition coefficient (Wildman–Crippen LogP) is 7.73. The Kier molecular flexibility index (Phi) is 10.3. The lowest BCUT2D eigenvalue weighted by Crippen LogP contribution is -2.40.